The van der Waals surface area contributed by atoms with Gasteiger partial charge in [0.05, 0.1) is 18.9 Å². The number of imide groups is 1. The van der Waals surface area contributed by atoms with Crippen LogP contribution in [0.3, 0.4) is 0 Å². The molecule has 3 fully saturated rings. The Bertz CT molecular complexity index is 1430. The zero-order valence-corrected chi connectivity index (χ0v) is 22.7. The van der Waals surface area contributed by atoms with E-state index in [9.17, 15) is 19.5 Å². The summed E-state index contributed by atoms with van der Waals surface area (Å²) in [6.45, 7) is 0. The first kappa shape index (κ1) is 25.1. The fourth-order valence-electron chi connectivity index (χ4n) is 6.95. The van der Waals surface area contributed by atoms with E-state index in [0.717, 1.165) is 53.0 Å². The average Bonchev–Trinajstić information content (AvgIpc) is 3.57. The second kappa shape index (κ2) is 9.54. The second-order valence-electron chi connectivity index (χ2n) is 10.7. The van der Waals surface area contributed by atoms with Crippen LogP contribution < -0.4 is 10.1 Å². The highest BCUT2D eigenvalue weighted by atomic mass is 79.9. The van der Waals surface area contributed by atoms with Gasteiger partial charge in [0.15, 0.2) is 0 Å². The number of carboxylic acid groups (broad SMARTS) is 1. The summed E-state index contributed by atoms with van der Waals surface area (Å²) in [6, 6.07) is 12.3. The van der Waals surface area contributed by atoms with Gasteiger partial charge >= 0.3 is 5.97 Å². The van der Waals surface area contributed by atoms with Gasteiger partial charge in [-0.3, -0.25) is 24.6 Å². The molecule has 38 heavy (non-hydrogen) atoms. The van der Waals surface area contributed by atoms with Crippen LogP contribution in [0.15, 0.2) is 53.1 Å². The molecule has 1 aliphatic carbocycles. The van der Waals surface area contributed by atoms with Crippen LogP contribution >= 0.6 is 15.9 Å². The van der Waals surface area contributed by atoms with Gasteiger partial charge in [0, 0.05) is 45.6 Å². The number of fused-ring (bicyclic) bond motifs is 2. The van der Waals surface area contributed by atoms with Crippen molar-refractivity contribution in [3.05, 3.63) is 64.3 Å². The van der Waals surface area contributed by atoms with Crippen molar-refractivity contribution in [1.82, 2.24) is 15.2 Å². The van der Waals surface area contributed by atoms with E-state index >= 15 is 0 Å². The van der Waals surface area contributed by atoms with E-state index in [-0.39, 0.29) is 24.3 Å². The van der Waals surface area contributed by atoms with Crippen LogP contribution in [0.2, 0.25) is 0 Å². The highest BCUT2D eigenvalue weighted by Crippen LogP contribution is 2.53. The van der Waals surface area contributed by atoms with Crippen molar-refractivity contribution in [2.45, 2.75) is 56.1 Å². The van der Waals surface area contributed by atoms with Crippen LogP contribution in [0, 0.1) is 11.8 Å². The number of aromatic nitrogens is 1. The molecule has 9 heteroatoms. The summed E-state index contributed by atoms with van der Waals surface area (Å²) in [5, 5.41) is 15.1. The van der Waals surface area contributed by atoms with Crippen molar-refractivity contribution < 1.29 is 24.2 Å². The predicted molar refractivity (Wildman–Crippen MR) is 145 cm³/mol. The largest absolute Gasteiger partial charge is 0.496 e. The van der Waals surface area contributed by atoms with Crippen molar-refractivity contribution in [2.24, 2.45) is 11.8 Å². The number of rotatable bonds is 6. The third kappa shape index (κ3) is 3.78. The summed E-state index contributed by atoms with van der Waals surface area (Å²) < 4.78 is 6.41. The topological polar surface area (TPSA) is 112 Å². The minimum Gasteiger partial charge on any atom is -0.496 e. The van der Waals surface area contributed by atoms with Crippen LogP contribution in [-0.2, 0) is 20.8 Å². The van der Waals surface area contributed by atoms with Gasteiger partial charge in [0.2, 0.25) is 11.8 Å². The Morgan fingerprint density at radius 1 is 1.13 bits per heavy atom. The molecule has 4 unspecified atom stereocenters. The maximum absolute atomic E-state index is 14.2. The van der Waals surface area contributed by atoms with Crippen molar-refractivity contribution >= 4 is 44.6 Å². The molecule has 6 rings (SSSR count). The predicted octanol–water partition coefficient (Wildman–Crippen LogP) is 4.58. The van der Waals surface area contributed by atoms with Crippen molar-refractivity contribution in [3.63, 3.8) is 0 Å². The monoisotopic (exact) mass is 579 g/mol. The Balaban J connectivity index is 1.51. The number of halogens is 1. The number of likely N-dealkylation sites (tertiary alicyclic amines) is 1. The van der Waals surface area contributed by atoms with Crippen LogP contribution in [0.5, 0.6) is 5.75 Å². The minimum absolute atomic E-state index is 0.0534. The molecular formula is C29H30BrN3O5. The number of methoxy groups -OCH3 is 1. The molecule has 1 saturated carbocycles. The number of para-hydroxylation sites is 1. The number of ether oxygens (including phenoxy) is 1. The minimum atomic E-state index is -1.68. The Hall–Kier alpha value is -3.17. The lowest BCUT2D eigenvalue weighted by molar-refractivity contribution is -0.152. The van der Waals surface area contributed by atoms with Gasteiger partial charge in [-0.05, 0) is 42.7 Å². The van der Waals surface area contributed by atoms with Gasteiger partial charge in [0.25, 0.3) is 0 Å². The Morgan fingerprint density at radius 3 is 2.63 bits per heavy atom. The summed E-state index contributed by atoms with van der Waals surface area (Å²) in [5.74, 6) is -3.16. The molecule has 3 aromatic rings. The molecular weight excluding hydrogens is 550 g/mol. The van der Waals surface area contributed by atoms with Gasteiger partial charge in [-0.25, -0.2) is 0 Å². The fraction of sp³-hybridized carbons (Fsp3) is 0.414. The normalized spacial score (nSPS) is 27.7. The van der Waals surface area contributed by atoms with E-state index in [2.05, 4.69) is 26.2 Å². The van der Waals surface area contributed by atoms with E-state index in [0.29, 0.717) is 11.3 Å². The zero-order chi connectivity index (χ0) is 26.6. The fourth-order valence-corrected chi connectivity index (χ4v) is 7.33. The maximum Gasteiger partial charge on any atom is 0.325 e. The molecule has 8 nitrogen and oxygen atoms in total. The first-order valence-corrected chi connectivity index (χ1v) is 13.9. The third-order valence-electron chi connectivity index (χ3n) is 8.68. The lowest BCUT2D eigenvalue weighted by Crippen LogP contribution is -2.58. The molecule has 3 aliphatic rings. The smallest absolute Gasteiger partial charge is 0.325 e. The molecule has 2 aliphatic heterocycles. The number of hydrogen-bond donors (Lipinski definition) is 3. The van der Waals surface area contributed by atoms with Gasteiger partial charge in [-0.1, -0.05) is 53.4 Å². The maximum atomic E-state index is 14.2. The van der Waals surface area contributed by atoms with Crippen molar-refractivity contribution in [2.75, 3.05) is 7.11 Å². The zero-order valence-electron chi connectivity index (χ0n) is 21.1. The lowest BCUT2D eigenvalue weighted by Gasteiger charge is -2.34. The van der Waals surface area contributed by atoms with E-state index < -0.39 is 29.4 Å². The molecule has 4 atom stereocenters. The highest BCUT2D eigenvalue weighted by molar-refractivity contribution is 9.10. The van der Waals surface area contributed by atoms with E-state index in [1.807, 2.05) is 36.4 Å². The summed E-state index contributed by atoms with van der Waals surface area (Å²) in [4.78, 5) is 46.2. The van der Waals surface area contributed by atoms with Crippen LogP contribution in [0.25, 0.3) is 10.9 Å². The standard InChI is InChI=1S/C29H30BrN3O5/c1-38-22-12-11-17(30)13-20(22)25-23-24(27(35)33(26(23)34)18-7-3-2-4-8-18)29(32-25,28(36)37)14-16-15-31-21-10-6-5-9-19(16)21/h5-6,9-13,15,18,23-25,31-32H,2-4,7-8,14H2,1H3,(H,36,37). The average molecular weight is 580 g/mol. The quantitative estimate of drug-likeness (QED) is 0.368. The molecule has 2 saturated heterocycles. The highest BCUT2D eigenvalue weighted by Gasteiger charge is 2.69. The second-order valence-corrected chi connectivity index (χ2v) is 11.6. The molecule has 2 aromatic carbocycles. The molecule has 0 radical (unpaired) electrons. The third-order valence-corrected chi connectivity index (χ3v) is 9.17. The number of benzene rings is 2. The summed E-state index contributed by atoms with van der Waals surface area (Å²) in [6.07, 6.45) is 6.38. The van der Waals surface area contributed by atoms with E-state index in [4.69, 9.17) is 4.74 Å². The number of carboxylic acids is 1. The first-order chi connectivity index (χ1) is 18.4. The molecule has 1 aromatic heterocycles. The van der Waals surface area contributed by atoms with Gasteiger partial charge in [-0.2, -0.15) is 0 Å². The summed E-state index contributed by atoms with van der Waals surface area (Å²) in [5.41, 5.74) is 0.655. The first-order valence-electron chi connectivity index (χ1n) is 13.1. The number of carbonyl (C=O) groups is 3. The van der Waals surface area contributed by atoms with Gasteiger partial charge in [-0.15, -0.1) is 0 Å². The van der Waals surface area contributed by atoms with Gasteiger partial charge in [0.1, 0.15) is 11.3 Å². The molecule has 3 heterocycles. The molecule has 2 amide bonds. The van der Waals surface area contributed by atoms with Crippen LogP contribution in [0.1, 0.15) is 49.3 Å². The number of amides is 2. The summed E-state index contributed by atoms with van der Waals surface area (Å²) >= 11 is 3.51. The van der Waals surface area contributed by atoms with Crippen molar-refractivity contribution in [1.29, 1.82) is 0 Å². The number of nitrogens with zero attached hydrogens (tertiary/aromatic N) is 1. The SMILES string of the molecule is COc1ccc(Br)cc1C1NC(Cc2c[nH]c3ccccc23)(C(=O)O)C2C(=O)N(C3CCCCC3)C(=O)C12. The molecule has 198 valence electrons. The molecule has 0 spiro atoms. The van der Waals surface area contributed by atoms with Crippen LogP contribution in [-0.4, -0.2) is 51.5 Å². The Labute approximate surface area is 228 Å². The number of aliphatic carboxylic acids is 1. The Kier molecular flexibility index (Phi) is 6.31. The molecule has 3 N–H and O–H groups in total. The van der Waals surface area contributed by atoms with E-state index in [1.54, 1.807) is 19.4 Å². The van der Waals surface area contributed by atoms with E-state index in [1.165, 1.54) is 4.90 Å². The Morgan fingerprint density at radius 2 is 1.89 bits per heavy atom. The number of nitrogens with one attached hydrogen (secondary N) is 2. The van der Waals surface area contributed by atoms with Crippen molar-refractivity contribution in [3.8, 4) is 5.75 Å². The van der Waals surface area contributed by atoms with Gasteiger partial charge < -0.3 is 14.8 Å². The number of hydrogen-bond acceptors (Lipinski definition) is 5. The number of aromatic amines is 1. The number of H-pyrrole nitrogens is 1. The van der Waals surface area contributed by atoms with Crippen LogP contribution in [0.4, 0.5) is 0 Å². The lowest BCUT2D eigenvalue weighted by atomic mass is 9.76. The number of carbonyl (C=O) groups excluding carboxylic acids is 2. The summed E-state index contributed by atoms with van der Waals surface area (Å²) in [7, 11) is 1.55. The molecule has 0 bridgehead atoms.